The second-order valence-corrected chi connectivity index (χ2v) is 5.93. The van der Waals surface area contributed by atoms with Gasteiger partial charge in [-0.25, -0.2) is 0 Å². The number of ether oxygens (including phenoxy) is 1. The van der Waals surface area contributed by atoms with E-state index in [1.807, 2.05) is 32.0 Å². The van der Waals surface area contributed by atoms with Gasteiger partial charge in [0.2, 0.25) is 0 Å². The van der Waals surface area contributed by atoms with Gasteiger partial charge in [0.05, 0.1) is 17.5 Å². The molecule has 0 aromatic heterocycles. The molecule has 1 fully saturated rings. The number of benzene rings is 1. The molecule has 19 heavy (non-hydrogen) atoms. The van der Waals surface area contributed by atoms with Crippen LogP contribution in [0, 0.1) is 11.8 Å². The molecule has 3 heteroatoms. The molecule has 0 spiro atoms. The fourth-order valence-electron chi connectivity index (χ4n) is 2.82. The maximum Gasteiger partial charge on any atom is 0.144 e. The van der Waals surface area contributed by atoms with Crippen molar-refractivity contribution in [3.05, 3.63) is 18.2 Å². The Morgan fingerprint density at radius 2 is 2.16 bits per heavy atom. The van der Waals surface area contributed by atoms with Crippen molar-refractivity contribution in [2.45, 2.75) is 46.1 Å². The third kappa shape index (κ3) is 3.55. The van der Waals surface area contributed by atoms with E-state index in [0.29, 0.717) is 0 Å². The Bertz CT molecular complexity index is 417. The van der Waals surface area contributed by atoms with E-state index in [1.165, 1.54) is 19.3 Å². The van der Waals surface area contributed by atoms with Gasteiger partial charge >= 0.3 is 0 Å². The minimum absolute atomic E-state index is 0.146. The van der Waals surface area contributed by atoms with Crippen LogP contribution in [0.25, 0.3) is 0 Å². The van der Waals surface area contributed by atoms with Gasteiger partial charge in [0.15, 0.2) is 0 Å². The van der Waals surface area contributed by atoms with Gasteiger partial charge in [0.25, 0.3) is 0 Å². The lowest BCUT2D eigenvalue weighted by Crippen LogP contribution is -2.17. The minimum Gasteiger partial charge on any atom is -0.489 e. The van der Waals surface area contributed by atoms with Crippen molar-refractivity contribution in [1.29, 1.82) is 0 Å². The molecule has 1 aliphatic rings. The number of hydrogen-bond acceptors (Lipinski definition) is 3. The summed E-state index contributed by atoms with van der Waals surface area (Å²) in [5.41, 5.74) is 7.88. The third-order valence-corrected chi connectivity index (χ3v) is 4.02. The zero-order valence-corrected chi connectivity index (χ0v) is 12.3. The summed E-state index contributed by atoms with van der Waals surface area (Å²) >= 11 is 0. The van der Waals surface area contributed by atoms with E-state index in [0.717, 1.165) is 35.5 Å². The summed E-state index contributed by atoms with van der Waals surface area (Å²) in [7, 11) is 0. The van der Waals surface area contributed by atoms with Gasteiger partial charge in [-0.05, 0) is 44.2 Å². The van der Waals surface area contributed by atoms with E-state index in [1.54, 1.807) is 0 Å². The molecule has 1 aromatic rings. The Kier molecular flexibility index (Phi) is 4.56. The standard InChI is InChI=1S/C16H26N2O/c1-11(2)19-15-9-5-8-14(16(15)17)18-10-13-7-4-6-12(13)3/h5,8-9,11-13,18H,4,6-7,10,17H2,1-3H3. The van der Waals surface area contributed by atoms with E-state index < -0.39 is 0 Å². The molecule has 106 valence electrons. The molecule has 1 saturated carbocycles. The monoisotopic (exact) mass is 262 g/mol. The first kappa shape index (κ1) is 14.0. The molecule has 0 radical (unpaired) electrons. The predicted molar refractivity (Wildman–Crippen MR) is 81.6 cm³/mol. The topological polar surface area (TPSA) is 47.3 Å². The number of nitrogen functional groups attached to an aromatic ring is 1. The normalized spacial score (nSPS) is 22.7. The molecule has 1 aromatic carbocycles. The van der Waals surface area contributed by atoms with Gasteiger partial charge in [-0.15, -0.1) is 0 Å². The Labute approximate surface area is 116 Å². The summed E-state index contributed by atoms with van der Waals surface area (Å²) < 4.78 is 5.71. The van der Waals surface area contributed by atoms with E-state index in [9.17, 15) is 0 Å². The van der Waals surface area contributed by atoms with E-state index in [4.69, 9.17) is 10.5 Å². The Hall–Kier alpha value is -1.38. The van der Waals surface area contributed by atoms with Crippen LogP contribution < -0.4 is 15.8 Å². The van der Waals surface area contributed by atoms with Gasteiger partial charge in [0, 0.05) is 6.54 Å². The molecule has 2 rings (SSSR count). The molecule has 2 unspecified atom stereocenters. The number of nitrogens with one attached hydrogen (secondary N) is 1. The highest BCUT2D eigenvalue weighted by atomic mass is 16.5. The molecule has 0 aliphatic heterocycles. The first-order valence-electron chi connectivity index (χ1n) is 7.37. The smallest absolute Gasteiger partial charge is 0.144 e. The zero-order chi connectivity index (χ0) is 13.8. The van der Waals surface area contributed by atoms with Crippen molar-refractivity contribution in [3.63, 3.8) is 0 Å². The Balaban J connectivity index is 2.00. The molecule has 0 amide bonds. The number of anilines is 2. The molecule has 2 atom stereocenters. The van der Waals surface area contributed by atoms with Crippen molar-refractivity contribution in [3.8, 4) is 5.75 Å². The SMILES string of the molecule is CC(C)Oc1cccc(NCC2CCCC2C)c1N. The molecular formula is C16H26N2O. The molecular weight excluding hydrogens is 236 g/mol. The van der Waals surface area contributed by atoms with Crippen molar-refractivity contribution in [1.82, 2.24) is 0 Å². The van der Waals surface area contributed by atoms with Gasteiger partial charge < -0.3 is 15.8 Å². The number of nitrogens with two attached hydrogens (primary N) is 1. The fraction of sp³-hybridized carbons (Fsp3) is 0.625. The minimum atomic E-state index is 0.146. The van der Waals surface area contributed by atoms with Crippen LogP contribution in [0.1, 0.15) is 40.0 Å². The summed E-state index contributed by atoms with van der Waals surface area (Å²) in [5, 5.41) is 3.49. The number of hydrogen-bond donors (Lipinski definition) is 2. The molecule has 0 heterocycles. The quantitative estimate of drug-likeness (QED) is 0.791. The average molecular weight is 262 g/mol. The van der Waals surface area contributed by atoms with Crippen LogP contribution in [0.15, 0.2) is 18.2 Å². The molecule has 3 N–H and O–H groups in total. The highest BCUT2D eigenvalue weighted by Gasteiger charge is 2.23. The van der Waals surface area contributed by atoms with Gasteiger partial charge in [-0.2, -0.15) is 0 Å². The van der Waals surface area contributed by atoms with Gasteiger partial charge in [-0.1, -0.05) is 25.8 Å². The third-order valence-electron chi connectivity index (χ3n) is 4.02. The lowest BCUT2D eigenvalue weighted by molar-refractivity contribution is 0.244. The van der Waals surface area contributed by atoms with E-state index in [2.05, 4.69) is 12.2 Å². The van der Waals surface area contributed by atoms with Crippen molar-refractivity contribution in [2.24, 2.45) is 11.8 Å². The second-order valence-electron chi connectivity index (χ2n) is 5.93. The molecule has 1 aliphatic carbocycles. The maximum atomic E-state index is 6.16. The summed E-state index contributed by atoms with van der Waals surface area (Å²) in [4.78, 5) is 0. The largest absolute Gasteiger partial charge is 0.489 e. The number of para-hydroxylation sites is 1. The van der Waals surface area contributed by atoms with E-state index >= 15 is 0 Å². The van der Waals surface area contributed by atoms with E-state index in [-0.39, 0.29) is 6.10 Å². The molecule has 3 nitrogen and oxygen atoms in total. The van der Waals surface area contributed by atoms with Crippen LogP contribution >= 0.6 is 0 Å². The average Bonchev–Trinajstić information content (AvgIpc) is 2.76. The summed E-state index contributed by atoms with van der Waals surface area (Å²) in [6.45, 7) is 7.39. The first-order chi connectivity index (χ1) is 9.08. The van der Waals surface area contributed by atoms with Crippen molar-refractivity contribution < 1.29 is 4.74 Å². The molecule has 0 saturated heterocycles. The van der Waals surface area contributed by atoms with Crippen LogP contribution in [0.4, 0.5) is 11.4 Å². The summed E-state index contributed by atoms with van der Waals surface area (Å²) in [6, 6.07) is 5.95. The van der Waals surface area contributed by atoms with Gasteiger partial charge in [-0.3, -0.25) is 0 Å². The summed E-state index contributed by atoms with van der Waals surface area (Å²) in [5.74, 6) is 2.37. The fourth-order valence-corrected chi connectivity index (χ4v) is 2.82. The predicted octanol–water partition coefficient (Wildman–Crippen LogP) is 3.90. The van der Waals surface area contributed by atoms with Crippen LogP contribution in [0.2, 0.25) is 0 Å². The van der Waals surface area contributed by atoms with Crippen LogP contribution in [-0.2, 0) is 0 Å². The van der Waals surface area contributed by atoms with Gasteiger partial charge in [0.1, 0.15) is 5.75 Å². The van der Waals surface area contributed by atoms with Crippen LogP contribution in [0.5, 0.6) is 5.75 Å². The number of rotatable bonds is 5. The molecule has 0 bridgehead atoms. The first-order valence-corrected chi connectivity index (χ1v) is 7.37. The lowest BCUT2D eigenvalue weighted by atomic mass is 9.98. The highest BCUT2D eigenvalue weighted by molar-refractivity contribution is 5.72. The Morgan fingerprint density at radius 3 is 2.79 bits per heavy atom. The van der Waals surface area contributed by atoms with Crippen molar-refractivity contribution >= 4 is 11.4 Å². The van der Waals surface area contributed by atoms with Crippen LogP contribution in [0.3, 0.4) is 0 Å². The lowest BCUT2D eigenvalue weighted by Gasteiger charge is -2.19. The van der Waals surface area contributed by atoms with Crippen molar-refractivity contribution in [2.75, 3.05) is 17.6 Å². The zero-order valence-electron chi connectivity index (χ0n) is 12.3. The maximum absolute atomic E-state index is 6.16. The highest BCUT2D eigenvalue weighted by Crippen LogP contribution is 2.34. The second kappa shape index (κ2) is 6.18. The van der Waals surface area contributed by atoms with Crippen LogP contribution in [-0.4, -0.2) is 12.6 Å². The Morgan fingerprint density at radius 1 is 1.37 bits per heavy atom. The summed E-state index contributed by atoms with van der Waals surface area (Å²) in [6.07, 6.45) is 4.20.